The minimum atomic E-state index is -0.663. The van der Waals surface area contributed by atoms with Crippen LogP contribution in [0.5, 0.6) is 0 Å². The fraction of sp³-hybridized carbons (Fsp3) is 0.809. The van der Waals surface area contributed by atoms with Gasteiger partial charge in [0, 0.05) is 6.42 Å². The number of hydrogen-bond acceptors (Lipinski definition) is 3. The van der Waals surface area contributed by atoms with Crippen molar-refractivity contribution in [1.82, 2.24) is 5.32 Å². The van der Waals surface area contributed by atoms with Crippen LogP contribution in [0.1, 0.15) is 335 Å². The number of rotatable bonds is 59. The van der Waals surface area contributed by atoms with E-state index in [4.69, 9.17) is 0 Å². The number of nitrogens with one attached hydrogen (secondary N) is 1. The third-order valence-electron chi connectivity index (χ3n) is 14.7. The van der Waals surface area contributed by atoms with E-state index in [0.717, 1.165) is 64.2 Å². The van der Waals surface area contributed by atoms with E-state index in [1.54, 1.807) is 0 Å². The van der Waals surface area contributed by atoms with Crippen LogP contribution in [0.25, 0.3) is 0 Å². The first-order chi connectivity index (χ1) is 35.7. The molecule has 3 N–H and O–H groups in total. The number of unbranched alkanes of at least 4 members (excludes halogenated alkanes) is 40. The first-order valence-corrected chi connectivity index (χ1v) is 32.1. The number of allylic oxidation sites excluding steroid dienone is 12. The standard InChI is InChI=1S/C68H125NO3/c1-3-5-7-9-11-13-15-17-19-21-23-25-27-29-30-31-32-33-34-35-36-37-38-40-42-44-46-48-50-52-54-56-58-60-62-64-68(72)69-66(65-70)67(71)63-61-59-57-55-53-51-49-47-45-43-41-39-28-26-24-22-20-18-16-14-12-10-8-6-4-2/h5,7,11,13,17,19,23,25,29-30,32-33,66-67,70-71H,3-4,6,8-10,12,14-16,18,20-22,24,26-28,31,34-65H2,1-2H3,(H,69,72)/b7-5-,13-11-,19-17-,25-23-,30-29-,33-32-. The Morgan fingerprint density at radius 2 is 0.611 bits per heavy atom. The Morgan fingerprint density at radius 3 is 0.917 bits per heavy atom. The van der Waals surface area contributed by atoms with Crippen molar-refractivity contribution < 1.29 is 15.0 Å². The highest BCUT2D eigenvalue weighted by Crippen LogP contribution is 2.18. The summed E-state index contributed by atoms with van der Waals surface area (Å²) in [6, 6.07) is -0.540. The van der Waals surface area contributed by atoms with Crippen LogP contribution >= 0.6 is 0 Å². The molecule has 0 bridgehead atoms. The minimum absolute atomic E-state index is 0.0280. The molecule has 2 unspecified atom stereocenters. The molecule has 0 radical (unpaired) electrons. The second kappa shape index (κ2) is 63.1. The van der Waals surface area contributed by atoms with Gasteiger partial charge in [-0.05, 0) is 64.2 Å². The molecule has 72 heavy (non-hydrogen) atoms. The lowest BCUT2D eigenvalue weighted by molar-refractivity contribution is -0.123. The molecule has 1 amide bonds. The van der Waals surface area contributed by atoms with E-state index in [2.05, 4.69) is 92.1 Å². The minimum Gasteiger partial charge on any atom is -0.394 e. The van der Waals surface area contributed by atoms with Crippen molar-refractivity contribution in [1.29, 1.82) is 0 Å². The first-order valence-electron chi connectivity index (χ1n) is 32.1. The summed E-state index contributed by atoms with van der Waals surface area (Å²) < 4.78 is 0. The molecule has 4 heteroatoms. The smallest absolute Gasteiger partial charge is 0.220 e. The summed E-state index contributed by atoms with van der Waals surface area (Å²) in [6.07, 6.45) is 90.7. The zero-order valence-corrected chi connectivity index (χ0v) is 48.4. The van der Waals surface area contributed by atoms with Crippen LogP contribution in [0.4, 0.5) is 0 Å². The molecule has 0 fully saturated rings. The zero-order chi connectivity index (χ0) is 52.0. The Kier molecular flexibility index (Phi) is 61.2. The quantitative estimate of drug-likeness (QED) is 0.0420. The molecule has 420 valence electrons. The Labute approximate surface area is 450 Å². The van der Waals surface area contributed by atoms with Gasteiger partial charge in [0.25, 0.3) is 0 Å². The highest BCUT2D eigenvalue weighted by atomic mass is 16.3. The summed E-state index contributed by atoms with van der Waals surface area (Å²) in [5.41, 5.74) is 0. The molecule has 2 atom stereocenters. The van der Waals surface area contributed by atoms with E-state index < -0.39 is 12.1 Å². The van der Waals surface area contributed by atoms with Gasteiger partial charge in [-0.3, -0.25) is 4.79 Å². The van der Waals surface area contributed by atoms with Gasteiger partial charge in [0.2, 0.25) is 5.91 Å². The van der Waals surface area contributed by atoms with Gasteiger partial charge in [-0.2, -0.15) is 0 Å². The van der Waals surface area contributed by atoms with Crippen LogP contribution in [-0.2, 0) is 4.79 Å². The number of aliphatic hydroxyl groups excluding tert-OH is 2. The Balaban J connectivity index is 3.45. The van der Waals surface area contributed by atoms with Crippen molar-refractivity contribution in [3.63, 3.8) is 0 Å². The van der Waals surface area contributed by atoms with Gasteiger partial charge >= 0.3 is 0 Å². The molecule has 0 aromatic carbocycles. The maximum absolute atomic E-state index is 12.5. The van der Waals surface area contributed by atoms with Crippen LogP contribution in [0.3, 0.4) is 0 Å². The monoisotopic (exact) mass is 1000 g/mol. The lowest BCUT2D eigenvalue weighted by Gasteiger charge is -2.22. The van der Waals surface area contributed by atoms with Gasteiger partial charge in [-0.1, -0.05) is 337 Å². The highest BCUT2D eigenvalue weighted by Gasteiger charge is 2.20. The molecule has 0 spiro atoms. The van der Waals surface area contributed by atoms with Crippen molar-refractivity contribution in [2.75, 3.05) is 6.61 Å². The third kappa shape index (κ3) is 58.7. The summed E-state index contributed by atoms with van der Waals surface area (Å²) >= 11 is 0. The number of hydrogen-bond donors (Lipinski definition) is 3. The zero-order valence-electron chi connectivity index (χ0n) is 48.4. The normalized spacial score (nSPS) is 13.2. The summed E-state index contributed by atoms with van der Waals surface area (Å²) in [6.45, 7) is 4.28. The first kappa shape index (κ1) is 69.8. The molecular weight excluding hydrogens is 879 g/mol. The van der Waals surface area contributed by atoms with Gasteiger partial charge in [-0.25, -0.2) is 0 Å². The average Bonchev–Trinajstić information content (AvgIpc) is 3.39. The van der Waals surface area contributed by atoms with Gasteiger partial charge in [0.1, 0.15) is 0 Å². The summed E-state index contributed by atoms with van der Waals surface area (Å²) in [7, 11) is 0. The van der Waals surface area contributed by atoms with Crippen LogP contribution in [-0.4, -0.2) is 34.9 Å². The van der Waals surface area contributed by atoms with Gasteiger partial charge in [0.05, 0.1) is 18.8 Å². The van der Waals surface area contributed by atoms with E-state index in [0.29, 0.717) is 12.8 Å². The number of aliphatic hydroxyl groups is 2. The maximum atomic E-state index is 12.5. The molecule has 0 saturated carbocycles. The van der Waals surface area contributed by atoms with E-state index in [1.165, 1.54) is 244 Å². The molecule has 0 saturated heterocycles. The van der Waals surface area contributed by atoms with Crippen molar-refractivity contribution >= 4 is 5.91 Å². The van der Waals surface area contributed by atoms with E-state index in [9.17, 15) is 15.0 Å². The Hall–Kier alpha value is -2.17. The second-order valence-corrected chi connectivity index (χ2v) is 21.8. The Morgan fingerprint density at radius 1 is 0.347 bits per heavy atom. The SMILES string of the molecule is CC/C=C\C/C=C\C/C=C\C/C=C\C/C=C\C/C=C\CCCCCCCCCCCCCCCCCCC(=O)NC(CO)C(O)CCCCCCCCCCCCCCCCCCCCCCCCCCC. The Bertz CT molecular complexity index is 1230. The van der Waals surface area contributed by atoms with E-state index in [1.807, 2.05) is 0 Å². The molecule has 0 aliphatic carbocycles. The maximum Gasteiger partial charge on any atom is 0.220 e. The lowest BCUT2D eigenvalue weighted by atomic mass is 10.0. The largest absolute Gasteiger partial charge is 0.394 e. The van der Waals surface area contributed by atoms with Gasteiger partial charge in [0.15, 0.2) is 0 Å². The van der Waals surface area contributed by atoms with Crippen molar-refractivity contribution in [2.24, 2.45) is 0 Å². The molecule has 0 rings (SSSR count). The topological polar surface area (TPSA) is 69.6 Å². The van der Waals surface area contributed by atoms with Gasteiger partial charge < -0.3 is 15.5 Å². The number of amides is 1. The molecule has 0 heterocycles. The predicted molar refractivity (Wildman–Crippen MR) is 322 cm³/mol. The molecule has 0 aliphatic rings. The third-order valence-corrected chi connectivity index (χ3v) is 14.7. The van der Waals surface area contributed by atoms with E-state index >= 15 is 0 Å². The van der Waals surface area contributed by atoms with Crippen LogP contribution in [0.15, 0.2) is 72.9 Å². The van der Waals surface area contributed by atoms with Crippen LogP contribution in [0.2, 0.25) is 0 Å². The summed E-state index contributed by atoms with van der Waals surface area (Å²) in [4.78, 5) is 12.5. The summed E-state index contributed by atoms with van der Waals surface area (Å²) in [5.74, 6) is -0.0280. The molecular formula is C68H125NO3. The van der Waals surface area contributed by atoms with Crippen molar-refractivity contribution in [3.05, 3.63) is 72.9 Å². The van der Waals surface area contributed by atoms with Crippen LogP contribution in [0, 0.1) is 0 Å². The van der Waals surface area contributed by atoms with E-state index in [-0.39, 0.29) is 12.5 Å². The molecule has 0 aromatic rings. The fourth-order valence-corrected chi connectivity index (χ4v) is 9.90. The van der Waals surface area contributed by atoms with Crippen LogP contribution < -0.4 is 5.32 Å². The fourth-order valence-electron chi connectivity index (χ4n) is 9.90. The summed E-state index contributed by atoms with van der Waals surface area (Å²) in [5, 5.41) is 23.4. The average molecular weight is 1000 g/mol. The molecule has 0 aromatic heterocycles. The highest BCUT2D eigenvalue weighted by molar-refractivity contribution is 5.76. The second-order valence-electron chi connectivity index (χ2n) is 21.8. The number of carbonyl (C=O) groups is 1. The molecule has 4 nitrogen and oxygen atoms in total. The van der Waals surface area contributed by atoms with Crippen molar-refractivity contribution in [3.8, 4) is 0 Å². The molecule has 0 aliphatic heterocycles. The van der Waals surface area contributed by atoms with Crippen molar-refractivity contribution in [2.45, 2.75) is 347 Å². The predicted octanol–water partition coefficient (Wildman–Crippen LogP) is 21.7. The van der Waals surface area contributed by atoms with Gasteiger partial charge in [-0.15, -0.1) is 0 Å². The lowest BCUT2D eigenvalue weighted by Crippen LogP contribution is -2.45. The number of carbonyl (C=O) groups excluding carboxylic acids is 1.